The van der Waals surface area contributed by atoms with Crippen molar-refractivity contribution in [3.63, 3.8) is 0 Å². The van der Waals surface area contributed by atoms with Crippen LogP contribution in [0.4, 0.5) is 0 Å². The van der Waals surface area contributed by atoms with E-state index in [2.05, 4.69) is 45.3 Å². The van der Waals surface area contributed by atoms with E-state index in [0.717, 1.165) is 25.7 Å². The molecule has 4 rings (SSSR count). The van der Waals surface area contributed by atoms with Gasteiger partial charge in [-0.05, 0) is 39.5 Å². The third-order valence-electron chi connectivity index (χ3n) is 5.35. The van der Waals surface area contributed by atoms with Crippen molar-refractivity contribution in [1.29, 1.82) is 0 Å². The Bertz CT molecular complexity index is 749. The van der Waals surface area contributed by atoms with Gasteiger partial charge in [0.1, 0.15) is 11.6 Å². The normalized spacial score (nSPS) is 13.2. The molecule has 0 bridgehead atoms. The number of hydrogen-bond donors (Lipinski definition) is 0. The summed E-state index contributed by atoms with van der Waals surface area (Å²) in [5.41, 5.74) is 0. The molecule has 36 heavy (non-hydrogen) atoms. The fourth-order valence-electron chi connectivity index (χ4n) is 3.51. The van der Waals surface area contributed by atoms with Crippen LogP contribution in [0.15, 0.2) is 60.7 Å². The van der Waals surface area contributed by atoms with Crippen molar-refractivity contribution in [2.45, 2.75) is 65.2 Å². The first-order valence-corrected chi connectivity index (χ1v) is 18.8. The van der Waals surface area contributed by atoms with E-state index in [4.69, 9.17) is 9.30 Å². The first kappa shape index (κ1) is 40.2. The van der Waals surface area contributed by atoms with Crippen molar-refractivity contribution in [2.24, 2.45) is 11.8 Å². The molecule has 194 valence electrons. The van der Waals surface area contributed by atoms with Crippen molar-refractivity contribution >= 4 is 52.5 Å². The number of rotatable bonds is 2. The molecule has 2 aromatic carbocycles. The van der Waals surface area contributed by atoms with Crippen molar-refractivity contribution in [3.8, 4) is 0 Å². The fourth-order valence-corrected chi connectivity index (χ4v) is 4.17. The van der Waals surface area contributed by atoms with E-state index in [0.29, 0.717) is 23.4 Å². The van der Waals surface area contributed by atoms with E-state index in [1.165, 1.54) is 34.6 Å². The molecule has 0 saturated heterocycles. The number of carbonyl (C=O) groups is 2. The Morgan fingerprint density at radius 2 is 0.861 bits per heavy atom. The monoisotopic (exact) mass is 790 g/mol. The predicted octanol–water partition coefficient (Wildman–Crippen LogP) is 4.41. The van der Waals surface area contributed by atoms with Crippen molar-refractivity contribution < 1.29 is 51.3 Å². The molecule has 0 spiro atoms. The van der Waals surface area contributed by atoms with Gasteiger partial charge in [-0.3, -0.25) is 9.59 Å². The third-order valence-corrected chi connectivity index (χ3v) is 6.49. The molecule has 2 aromatic rings. The Labute approximate surface area is 252 Å². The van der Waals surface area contributed by atoms with E-state index in [-0.39, 0.29) is 0 Å². The van der Waals surface area contributed by atoms with Gasteiger partial charge in [0.2, 0.25) is 0 Å². The van der Waals surface area contributed by atoms with Gasteiger partial charge < -0.3 is 0 Å². The first-order valence-electron chi connectivity index (χ1n) is 11.4. The molecule has 8 heteroatoms. The second kappa shape index (κ2) is 30.9. The average Bonchev–Trinajstić information content (AvgIpc) is 3.65. The zero-order valence-electron chi connectivity index (χ0n) is 20.9. The fraction of sp³-hybridized carbons (Fsp3) is 0.429. The number of benzene rings is 2. The number of carbonyl (C=O) groups excluding carboxylic acids is 2. The van der Waals surface area contributed by atoms with Crippen LogP contribution in [-0.4, -0.2) is 43.6 Å². The van der Waals surface area contributed by atoms with Crippen LogP contribution < -0.4 is 8.92 Å². The van der Waals surface area contributed by atoms with Crippen LogP contribution in [0.2, 0.25) is 0 Å². The SMILES string of the molecule is CC(=O)C1CCCC1.CC(=O)C1CCCC1.[C-]#[O+].[C-]#[O+].[Mo]=[Mo].[Se]c1ccccc1.[Se]c1ccccc1. The Balaban J connectivity index is -0.000000377. The Morgan fingerprint density at radius 3 is 0.972 bits per heavy atom. The van der Waals surface area contributed by atoms with Gasteiger partial charge in [-0.25, -0.2) is 0 Å². The quantitative estimate of drug-likeness (QED) is 0.258. The molecule has 0 N–H and O–H groups in total. The summed E-state index contributed by atoms with van der Waals surface area (Å²) in [7, 11) is 0. The van der Waals surface area contributed by atoms with E-state index in [9.17, 15) is 9.59 Å². The topological polar surface area (TPSA) is 73.9 Å². The molecule has 0 aliphatic heterocycles. The van der Waals surface area contributed by atoms with Crippen molar-refractivity contribution in [3.05, 3.63) is 74.0 Å². The van der Waals surface area contributed by atoms with Gasteiger partial charge >= 0.3 is 157 Å². The molecule has 0 atom stereocenters. The summed E-state index contributed by atoms with van der Waals surface area (Å²) < 4.78 is 17.4. The molecule has 2 fully saturated rings. The van der Waals surface area contributed by atoms with E-state index in [1.54, 1.807) is 13.8 Å². The van der Waals surface area contributed by atoms with Crippen LogP contribution in [0.1, 0.15) is 65.2 Å². The molecule has 2 aliphatic rings. The zero-order chi connectivity index (χ0) is 28.2. The maximum absolute atomic E-state index is 10.6. The standard InChI is InChI=1S/2C7H12O.2C6H5Se.2CO.2Mo/c2*1-6(8)7-4-2-3-5-7;2*7-6-4-2-1-3-5-6;2*1-2;;/h2*7H,2-5H2,1H3;2*1-5H;;;;. The van der Waals surface area contributed by atoms with Gasteiger partial charge in [0.25, 0.3) is 0 Å². The molecule has 2 radical (unpaired) electrons. The van der Waals surface area contributed by atoms with Crippen LogP contribution >= 0.6 is 0 Å². The average molecular weight is 784 g/mol. The second-order valence-corrected chi connectivity index (χ2v) is 9.79. The summed E-state index contributed by atoms with van der Waals surface area (Å²) >= 11 is 9.72. The predicted molar refractivity (Wildman–Crippen MR) is 137 cm³/mol. The summed E-state index contributed by atoms with van der Waals surface area (Å²) in [6.45, 7) is 12.4. The third kappa shape index (κ3) is 25.3. The Morgan fingerprint density at radius 1 is 0.639 bits per heavy atom. The summed E-state index contributed by atoms with van der Waals surface area (Å²) in [4.78, 5) is 21.3. The first-order chi connectivity index (χ1) is 17.4. The van der Waals surface area contributed by atoms with Gasteiger partial charge in [-0.2, -0.15) is 0 Å². The number of Topliss-reactive ketones (excluding diaryl/α,β-unsaturated/α-hetero) is 2. The van der Waals surface area contributed by atoms with Crippen LogP contribution in [0.25, 0.3) is 0 Å². The van der Waals surface area contributed by atoms with E-state index >= 15 is 0 Å². The van der Waals surface area contributed by atoms with E-state index < -0.39 is 0 Å². The Kier molecular flexibility index (Phi) is 34.5. The molecular formula is C28H34Mo2O4Se2. The van der Waals surface area contributed by atoms with Crippen molar-refractivity contribution in [2.75, 3.05) is 0 Å². The van der Waals surface area contributed by atoms with E-state index in [1.807, 2.05) is 93.1 Å². The summed E-state index contributed by atoms with van der Waals surface area (Å²) in [6, 6.07) is 20.1. The van der Waals surface area contributed by atoms with Crippen LogP contribution in [0.3, 0.4) is 0 Å². The maximum atomic E-state index is 10.6. The molecule has 0 amide bonds. The van der Waals surface area contributed by atoms with Gasteiger partial charge in [-0.1, -0.05) is 25.7 Å². The van der Waals surface area contributed by atoms with Gasteiger partial charge in [0.05, 0.1) is 0 Å². The minimum absolute atomic E-state index is 0.391. The summed E-state index contributed by atoms with van der Waals surface area (Å²) in [6.07, 6.45) is 9.66. The summed E-state index contributed by atoms with van der Waals surface area (Å²) in [5.74, 6) is 1.63. The van der Waals surface area contributed by atoms with Gasteiger partial charge in [0, 0.05) is 11.8 Å². The Hall–Kier alpha value is -0.324. The molecular weight excluding hydrogens is 750 g/mol. The van der Waals surface area contributed by atoms with Crippen LogP contribution in [0, 0.1) is 25.1 Å². The van der Waals surface area contributed by atoms with Crippen LogP contribution in [-0.2, 0) is 51.3 Å². The molecule has 0 unspecified atom stereocenters. The van der Waals surface area contributed by atoms with Gasteiger partial charge in [-0.15, -0.1) is 0 Å². The van der Waals surface area contributed by atoms with Crippen molar-refractivity contribution in [1.82, 2.24) is 0 Å². The summed E-state index contributed by atoms with van der Waals surface area (Å²) in [5, 5.41) is 0. The molecule has 2 aliphatic carbocycles. The number of hydrogen-bond acceptors (Lipinski definition) is 2. The molecule has 2 saturated carbocycles. The second-order valence-electron chi connectivity index (χ2n) is 7.81. The van der Waals surface area contributed by atoms with Gasteiger partial charge in [0.15, 0.2) is 0 Å². The zero-order valence-corrected chi connectivity index (χ0v) is 28.3. The number of ketones is 2. The van der Waals surface area contributed by atoms with Crippen LogP contribution in [0.5, 0.6) is 0 Å². The molecule has 0 heterocycles. The minimum atomic E-state index is 0.391. The molecule has 0 aromatic heterocycles. The molecule has 4 nitrogen and oxygen atoms in total.